The molecule has 1 saturated heterocycles. The van der Waals surface area contributed by atoms with E-state index in [-0.39, 0.29) is 36.4 Å². The largest absolute Gasteiger partial charge is 0.508 e. The van der Waals surface area contributed by atoms with Crippen molar-refractivity contribution in [3.63, 3.8) is 0 Å². The van der Waals surface area contributed by atoms with Gasteiger partial charge in [0.2, 0.25) is 17.0 Å². The number of aliphatic hydroxyl groups excluding tert-OH is 1. The summed E-state index contributed by atoms with van der Waals surface area (Å²) in [6.07, 6.45) is 1.34. The maximum atomic E-state index is 12.6. The fraction of sp³-hybridized carbons (Fsp3) is 0.250. The fourth-order valence-corrected chi connectivity index (χ4v) is 7.50. The van der Waals surface area contributed by atoms with Gasteiger partial charge in [0.05, 0.1) is 35.9 Å². The SMILES string of the molecule is Nc1ccccc1NC(=O)CCCCC(=O)NCc1cccc(-c2ccc(C3OC(CSc4nnnn4-c4ccc(O)cc4)CC(c4ccc(CO)cc4)O3)cc2)c1. The Hall–Kier alpha value is -6.06. The molecule has 7 rings (SSSR count). The number of tetrazole rings is 1. The number of hydrogen-bond acceptors (Lipinski definition) is 11. The van der Waals surface area contributed by atoms with Crippen LogP contribution in [0.25, 0.3) is 16.8 Å². The number of nitrogens with zero attached hydrogens (tertiary/aromatic N) is 4. The summed E-state index contributed by atoms with van der Waals surface area (Å²) in [7, 11) is 0. The Morgan fingerprint density at radius 2 is 1.55 bits per heavy atom. The number of anilines is 2. The maximum Gasteiger partial charge on any atom is 0.224 e. The molecule has 1 fully saturated rings. The second kappa shape index (κ2) is 19.4. The van der Waals surface area contributed by atoms with E-state index in [9.17, 15) is 19.8 Å². The molecule has 0 bridgehead atoms. The molecule has 6 aromatic rings. The van der Waals surface area contributed by atoms with Crippen LogP contribution in [0.15, 0.2) is 126 Å². The number of aromatic hydroxyl groups is 1. The Balaban J connectivity index is 0.948. The number of benzene rings is 5. The van der Waals surface area contributed by atoms with Crippen molar-refractivity contribution in [1.82, 2.24) is 25.5 Å². The van der Waals surface area contributed by atoms with Gasteiger partial charge in [-0.3, -0.25) is 9.59 Å². The van der Waals surface area contributed by atoms with E-state index in [2.05, 4.69) is 32.2 Å². The molecule has 14 heteroatoms. The Labute approximate surface area is 340 Å². The molecule has 0 aliphatic carbocycles. The van der Waals surface area contributed by atoms with Gasteiger partial charge in [-0.2, -0.15) is 4.68 Å². The Kier molecular flexibility index (Phi) is 13.4. The van der Waals surface area contributed by atoms with Gasteiger partial charge in [0.1, 0.15) is 5.75 Å². The fourth-order valence-electron chi connectivity index (χ4n) is 6.59. The first-order valence-electron chi connectivity index (χ1n) is 19.1. The Bertz CT molecular complexity index is 2290. The van der Waals surface area contributed by atoms with E-state index < -0.39 is 6.29 Å². The molecule has 3 unspecified atom stereocenters. The molecule has 3 atom stereocenters. The quantitative estimate of drug-likeness (QED) is 0.0377. The second-order valence-corrected chi connectivity index (χ2v) is 15.0. The summed E-state index contributed by atoms with van der Waals surface area (Å²) in [5, 5.41) is 38.0. The Morgan fingerprint density at radius 3 is 2.31 bits per heavy atom. The van der Waals surface area contributed by atoms with E-state index in [1.807, 2.05) is 78.9 Å². The van der Waals surface area contributed by atoms with Gasteiger partial charge in [-0.1, -0.05) is 90.6 Å². The third kappa shape index (κ3) is 10.7. The van der Waals surface area contributed by atoms with Crippen LogP contribution in [0.1, 0.15) is 66.8 Å². The standard InChI is InChI=1S/C44H45N7O6S/c45-38-8-1-2-9-39(38)47-42(55)11-4-3-10-41(54)46-26-30-6-5-7-34(24-30)31-16-18-33(19-17-31)43-56-37(25-40(57-43)32-14-12-29(27-52)13-15-32)28-58-44-48-49-50-51(44)35-20-22-36(53)23-21-35/h1-2,5-9,12-24,37,40,43,52-53H,3-4,10-11,25-28,45H2,(H,46,54)(H,47,55). The summed E-state index contributed by atoms with van der Waals surface area (Å²) < 4.78 is 14.8. The summed E-state index contributed by atoms with van der Waals surface area (Å²) >= 11 is 1.48. The van der Waals surface area contributed by atoms with Gasteiger partial charge in [-0.15, -0.1) is 5.10 Å². The van der Waals surface area contributed by atoms with E-state index >= 15 is 0 Å². The number of para-hydroxylation sites is 2. The van der Waals surface area contributed by atoms with E-state index in [0.29, 0.717) is 60.9 Å². The van der Waals surface area contributed by atoms with Crippen molar-refractivity contribution in [2.24, 2.45) is 0 Å². The number of nitrogens with two attached hydrogens (primary N) is 1. The van der Waals surface area contributed by atoms with Crippen LogP contribution in [-0.2, 0) is 32.2 Å². The first-order valence-corrected chi connectivity index (χ1v) is 20.1. The number of carbonyl (C=O) groups excluding carboxylic acids is 2. The summed E-state index contributed by atoms with van der Waals surface area (Å²) in [5.74, 6) is 0.532. The van der Waals surface area contributed by atoms with Crippen LogP contribution in [-0.4, -0.2) is 54.1 Å². The topological polar surface area (TPSA) is 187 Å². The lowest BCUT2D eigenvalue weighted by molar-refractivity contribution is -0.245. The van der Waals surface area contributed by atoms with Crippen molar-refractivity contribution >= 4 is 35.0 Å². The molecular formula is C44H45N7O6S. The van der Waals surface area contributed by atoms with E-state index in [1.165, 1.54) is 11.8 Å². The molecule has 298 valence electrons. The molecule has 0 spiro atoms. The highest BCUT2D eigenvalue weighted by Crippen LogP contribution is 2.40. The molecule has 1 aliphatic rings. The predicted octanol–water partition coefficient (Wildman–Crippen LogP) is 7.26. The highest BCUT2D eigenvalue weighted by molar-refractivity contribution is 7.99. The monoisotopic (exact) mass is 799 g/mol. The van der Waals surface area contributed by atoms with Gasteiger partial charge >= 0.3 is 0 Å². The van der Waals surface area contributed by atoms with Crippen LogP contribution in [0.3, 0.4) is 0 Å². The smallest absolute Gasteiger partial charge is 0.224 e. The van der Waals surface area contributed by atoms with Crippen LogP contribution in [0, 0.1) is 0 Å². The number of ether oxygens (including phenoxy) is 2. The molecule has 2 heterocycles. The molecular weight excluding hydrogens is 755 g/mol. The first-order chi connectivity index (χ1) is 28.3. The van der Waals surface area contributed by atoms with E-state index in [0.717, 1.165) is 39.1 Å². The number of unbranched alkanes of at least 4 members (excludes halogenated alkanes) is 1. The number of nitrogen functional groups attached to an aromatic ring is 1. The van der Waals surface area contributed by atoms with Gasteiger partial charge < -0.3 is 36.1 Å². The lowest BCUT2D eigenvalue weighted by atomic mass is 9.99. The molecule has 58 heavy (non-hydrogen) atoms. The minimum absolute atomic E-state index is 0.0357. The van der Waals surface area contributed by atoms with Gasteiger partial charge in [0, 0.05) is 37.1 Å². The molecule has 0 radical (unpaired) electrons. The average molecular weight is 800 g/mol. The number of rotatable bonds is 16. The zero-order valence-electron chi connectivity index (χ0n) is 31.7. The van der Waals surface area contributed by atoms with Crippen molar-refractivity contribution in [1.29, 1.82) is 0 Å². The summed E-state index contributed by atoms with van der Waals surface area (Å²) in [4.78, 5) is 24.9. The van der Waals surface area contributed by atoms with Gasteiger partial charge in [-0.25, -0.2) is 0 Å². The number of amides is 2. The third-order valence-corrected chi connectivity index (χ3v) is 10.8. The lowest BCUT2D eigenvalue weighted by Gasteiger charge is -2.36. The minimum atomic E-state index is -0.636. The van der Waals surface area contributed by atoms with Crippen molar-refractivity contribution < 1.29 is 29.3 Å². The number of phenols is 1. The third-order valence-electron chi connectivity index (χ3n) is 9.77. The lowest BCUT2D eigenvalue weighted by Crippen LogP contribution is -2.31. The number of nitrogens with one attached hydrogen (secondary N) is 2. The molecule has 1 aliphatic heterocycles. The molecule has 0 saturated carbocycles. The number of thioether (sulfide) groups is 1. The molecule has 1 aromatic heterocycles. The zero-order valence-corrected chi connectivity index (χ0v) is 32.6. The number of hydrogen-bond donors (Lipinski definition) is 5. The van der Waals surface area contributed by atoms with Crippen LogP contribution in [0.2, 0.25) is 0 Å². The number of phenolic OH excluding ortho intramolecular Hbond substituents is 1. The summed E-state index contributed by atoms with van der Waals surface area (Å²) in [6.45, 7) is 0.357. The number of aromatic nitrogens is 4. The summed E-state index contributed by atoms with van der Waals surface area (Å²) in [6, 6.07) is 37.7. The molecule has 5 aromatic carbocycles. The molecule has 13 nitrogen and oxygen atoms in total. The maximum absolute atomic E-state index is 12.6. The number of aliphatic hydroxyl groups is 1. The first kappa shape index (κ1) is 40.1. The normalized spacial score (nSPS) is 16.5. The van der Waals surface area contributed by atoms with Gasteiger partial charge in [0.15, 0.2) is 6.29 Å². The predicted molar refractivity (Wildman–Crippen MR) is 222 cm³/mol. The van der Waals surface area contributed by atoms with Crippen LogP contribution in [0.4, 0.5) is 11.4 Å². The summed E-state index contributed by atoms with van der Waals surface area (Å²) in [5.41, 5.74) is 13.4. The number of carbonyl (C=O) groups is 2. The van der Waals surface area contributed by atoms with Crippen molar-refractivity contribution in [3.8, 4) is 22.6 Å². The Morgan fingerprint density at radius 1 is 0.810 bits per heavy atom. The second-order valence-electron chi connectivity index (χ2n) is 14.0. The van der Waals surface area contributed by atoms with Crippen molar-refractivity contribution in [2.45, 2.75) is 68.9 Å². The van der Waals surface area contributed by atoms with Gasteiger partial charge in [-0.05, 0) is 93.6 Å². The van der Waals surface area contributed by atoms with Gasteiger partial charge in [0.25, 0.3) is 0 Å². The van der Waals surface area contributed by atoms with E-state index in [4.69, 9.17) is 15.2 Å². The minimum Gasteiger partial charge on any atom is -0.508 e. The molecule has 2 amide bonds. The zero-order chi connectivity index (χ0) is 40.3. The van der Waals surface area contributed by atoms with Crippen molar-refractivity contribution in [3.05, 3.63) is 144 Å². The highest BCUT2D eigenvalue weighted by Gasteiger charge is 2.33. The van der Waals surface area contributed by atoms with Crippen LogP contribution in [0.5, 0.6) is 5.75 Å². The van der Waals surface area contributed by atoms with Crippen LogP contribution >= 0.6 is 11.8 Å². The molecule has 6 N–H and O–H groups in total. The average Bonchev–Trinajstić information content (AvgIpc) is 3.73. The van der Waals surface area contributed by atoms with Crippen LogP contribution < -0.4 is 16.4 Å². The van der Waals surface area contributed by atoms with E-state index in [1.54, 1.807) is 41.1 Å². The van der Waals surface area contributed by atoms with Crippen molar-refractivity contribution in [2.75, 3.05) is 16.8 Å². The highest BCUT2D eigenvalue weighted by atomic mass is 32.2.